The van der Waals surface area contributed by atoms with Gasteiger partial charge in [0.1, 0.15) is 0 Å². The summed E-state index contributed by atoms with van der Waals surface area (Å²) in [7, 11) is 0. The Morgan fingerprint density at radius 2 is 1.56 bits per heavy atom. The van der Waals surface area contributed by atoms with Gasteiger partial charge in [-0.25, -0.2) is 0 Å². The first kappa shape index (κ1) is 28.6. The van der Waals surface area contributed by atoms with Gasteiger partial charge in [0.2, 0.25) is 0 Å². The van der Waals surface area contributed by atoms with E-state index in [1.807, 2.05) is 48.5 Å². The second-order valence-electron chi connectivity index (χ2n) is 9.48. The molecule has 0 bridgehead atoms. The van der Waals surface area contributed by atoms with Crippen LogP contribution in [-0.4, -0.2) is 19.2 Å². The number of carbonyl (C=O) groups excluding carboxylic acids is 1. The van der Waals surface area contributed by atoms with Crippen molar-refractivity contribution in [3.8, 4) is 5.75 Å². The molecule has 5 nitrogen and oxygen atoms in total. The summed E-state index contributed by atoms with van der Waals surface area (Å²) in [6.45, 7) is 11.0. The standard InChI is InChI=1S/C13H15O3.C10H19.C6H4.2Co.2O/c1-2-13(14)16-11-7-6-10-15-12-8-4-3-5-9-12;1-8(2)10-6-4-9(3)5-7-10;1-2-4-6-5-3-1;;;;/h2,4-5,8-9H,1,6-7,10-11H2;4,8-10H,5-7H2,1-3H3;1-2,5-6H;;;;. The molecule has 3 atom stereocenters. The van der Waals surface area contributed by atoms with E-state index in [-0.39, 0.29) is 4.85 Å². The zero-order chi connectivity index (χ0) is 26.1. The summed E-state index contributed by atoms with van der Waals surface area (Å²) < 4.78 is 39.5. The van der Waals surface area contributed by atoms with E-state index in [9.17, 15) is 12.5 Å². The molecule has 36 heavy (non-hydrogen) atoms. The van der Waals surface area contributed by atoms with Gasteiger partial charge in [-0.1, -0.05) is 6.58 Å². The average molecular weight is 584 g/mol. The average Bonchev–Trinajstić information content (AvgIpc) is 2.90. The van der Waals surface area contributed by atoms with Crippen molar-refractivity contribution >= 4 is 19.5 Å². The van der Waals surface area contributed by atoms with Gasteiger partial charge in [0.25, 0.3) is 0 Å². The number of carbonyl (C=O) groups is 1. The molecule has 2 aromatic rings. The van der Waals surface area contributed by atoms with Crippen LogP contribution in [0, 0.1) is 17.8 Å². The molecule has 0 saturated heterocycles. The van der Waals surface area contributed by atoms with Crippen LogP contribution < -0.4 is 18.2 Å². The fourth-order valence-corrected chi connectivity index (χ4v) is 7.79. The second-order valence-corrected chi connectivity index (χ2v) is 13.5. The molecule has 0 aliphatic heterocycles. The van der Waals surface area contributed by atoms with Crippen LogP contribution in [0.5, 0.6) is 5.75 Å². The fourth-order valence-electron chi connectivity index (χ4n) is 4.25. The van der Waals surface area contributed by atoms with Crippen LogP contribution in [0.1, 0.15) is 52.9 Å². The van der Waals surface area contributed by atoms with Gasteiger partial charge in [-0.2, -0.15) is 0 Å². The Morgan fingerprint density at radius 1 is 0.972 bits per heavy atom. The molecule has 0 N–H and O–H groups in total. The summed E-state index contributed by atoms with van der Waals surface area (Å²) >= 11 is -3.17. The monoisotopic (exact) mass is 584 g/mol. The third kappa shape index (κ3) is 8.03. The predicted molar refractivity (Wildman–Crippen MR) is 134 cm³/mol. The van der Waals surface area contributed by atoms with Crippen molar-refractivity contribution < 1.29 is 49.2 Å². The van der Waals surface area contributed by atoms with E-state index < -0.39 is 33.1 Å². The summed E-state index contributed by atoms with van der Waals surface area (Å²) in [6.07, 6.45) is 6.02. The first-order valence-corrected chi connectivity index (χ1v) is 15.5. The quantitative estimate of drug-likeness (QED) is 0.201. The van der Waals surface area contributed by atoms with Crippen molar-refractivity contribution in [1.82, 2.24) is 0 Å². The van der Waals surface area contributed by atoms with E-state index in [0.29, 0.717) is 43.1 Å². The van der Waals surface area contributed by atoms with Crippen LogP contribution >= 0.6 is 0 Å². The Balaban J connectivity index is 1.52. The molecule has 2 aromatic carbocycles. The van der Waals surface area contributed by atoms with Crippen molar-refractivity contribution in [2.45, 2.75) is 57.7 Å². The van der Waals surface area contributed by atoms with E-state index in [0.717, 1.165) is 38.8 Å². The van der Waals surface area contributed by atoms with Gasteiger partial charge in [0.15, 0.2) is 0 Å². The van der Waals surface area contributed by atoms with Crippen molar-refractivity contribution in [3.63, 3.8) is 0 Å². The molecular formula is C29H38Co2O5. The normalized spacial score (nSPS) is 20.5. The van der Waals surface area contributed by atoms with Crippen molar-refractivity contribution in [2.24, 2.45) is 17.8 Å². The van der Waals surface area contributed by atoms with E-state index in [4.69, 9.17) is 9.47 Å². The Kier molecular flexibility index (Phi) is 11.2. The van der Waals surface area contributed by atoms with E-state index in [1.54, 1.807) is 0 Å². The van der Waals surface area contributed by atoms with Crippen LogP contribution in [0.25, 0.3) is 0 Å². The maximum absolute atomic E-state index is 13.4. The molecule has 1 fully saturated rings. The molecule has 7 heteroatoms. The minimum atomic E-state index is -1.71. The Morgan fingerprint density at radius 3 is 2.17 bits per heavy atom. The SMILES string of the molecule is C=CC(=O)OCCCCOc1cc[c]([Co](=[O])[c]2cc[c]([Co](=[O])[CH]3CC(C(C)C)CCC3C)cc2)cc1. The second kappa shape index (κ2) is 14.1. The molecule has 0 heterocycles. The minimum absolute atomic E-state index is 0.216. The predicted octanol–water partition coefficient (Wildman–Crippen LogP) is 4.96. The molecule has 1 aliphatic carbocycles. The van der Waals surface area contributed by atoms with Gasteiger partial charge < -0.3 is 0 Å². The Labute approximate surface area is 223 Å². The summed E-state index contributed by atoms with van der Waals surface area (Å²) in [6, 6.07) is 14.8. The fraction of sp³-hybridized carbons (Fsp3) is 0.483. The summed E-state index contributed by atoms with van der Waals surface area (Å²) in [5.41, 5.74) is 0. The van der Waals surface area contributed by atoms with E-state index in [2.05, 4.69) is 27.4 Å². The van der Waals surface area contributed by atoms with Crippen LogP contribution in [-0.2, 0) is 44.4 Å². The number of unbranched alkanes of at least 4 members (excludes halogenated alkanes) is 1. The molecule has 0 amide bonds. The van der Waals surface area contributed by atoms with Crippen molar-refractivity contribution in [2.75, 3.05) is 13.2 Å². The summed E-state index contributed by atoms with van der Waals surface area (Å²) in [5, 5.41) is 0. The maximum atomic E-state index is 13.4. The first-order valence-electron chi connectivity index (χ1n) is 12.5. The van der Waals surface area contributed by atoms with Gasteiger partial charge in [0.05, 0.1) is 0 Å². The molecule has 3 rings (SSSR count). The molecule has 0 aromatic heterocycles. The third-order valence-corrected chi connectivity index (χ3v) is 10.9. The van der Waals surface area contributed by atoms with Gasteiger partial charge in [0, 0.05) is 0 Å². The molecule has 0 radical (unpaired) electrons. The zero-order valence-electron chi connectivity index (χ0n) is 21.4. The van der Waals surface area contributed by atoms with Gasteiger partial charge in [-0.15, -0.1) is 0 Å². The summed E-state index contributed by atoms with van der Waals surface area (Å²) in [5.74, 6) is 2.03. The topological polar surface area (TPSA) is 69.7 Å². The number of esters is 1. The number of hydrogen-bond donors (Lipinski definition) is 0. The molecule has 202 valence electrons. The molecule has 1 saturated carbocycles. The summed E-state index contributed by atoms with van der Waals surface area (Å²) in [4.78, 5) is 11.2. The molecule has 1 aliphatic rings. The van der Waals surface area contributed by atoms with Gasteiger partial charge in [-0.3, -0.25) is 0 Å². The van der Waals surface area contributed by atoms with Gasteiger partial charge in [-0.05, 0) is 0 Å². The van der Waals surface area contributed by atoms with Crippen LogP contribution in [0.3, 0.4) is 0 Å². The van der Waals surface area contributed by atoms with Crippen molar-refractivity contribution in [3.05, 3.63) is 61.2 Å². The molecule has 0 spiro atoms. The molecule has 3 unspecified atom stereocenters. The zero-order valence-corrected chi connectivity index (χ0v) is 23.5. The van der Waals surface area contributed by atoms with Gasteiger partial charge >= 0.3 is 218 Å². The number of hydrogen-bond acceptors (Lipinski definition) is 5. The Hall–Kier alpha value is -1.94. The van der Waals surface area contributed by atoms with E-state index >= 15 is 0 Å². The number of ether oxygens (including phenoxy) is 2. The number of benzene rings is 2. The Bertz CT molecular complexity index is 1050. The number of rotatable bonds is 12. The van der Waals surface area contributed by atoms with Crippen LogP contribution in [0.4, 0.5) is 0 Å². The van der Waals surface area contributed by atoms with Crippen LogP contribution in [0.15, 0.2) is 61.2 Å². The van der Waals surface area contributed by atoms with Crippen LogP contribution in [0.2, 0.25) is 4.85 Å². The van der Waals surface area contributed by atoms with E-state index in [1.165, 1.54) is 6.42 Å². The van der Waals surface area contributed by atoms with Crippen molar-refractivity contribution in [1.29, 1.82) is 0 Å². The first-order chi connectivity index (χ1) is 17.3. The molecular weight excluding hydrogens is 546 g/mol. The third-order valence-electron chi connectivity index (χ3n) is 6.60.